The van der Waals surface area contributed by atoms with E-state index in [9.17, 15) is 22.8 Å². The van der Waals surface area contributed by atoms with Crippen molar-refractivity contribution in [3.05, 3.63) is 113 Å². The molecular formula is C28H25F3N4O2. The summed E-state index contributed by atoms with van der Waals surface area (Å²) in [6, 6.07) is 21.0. The number of nitrogens with two attached hydrogens (primary N) is 1. The van der Waals surface area contributed by atoms with Crippen LogP contribution in [0.5, 0.6) is 0 Å². The standard InChI is InChI=1S/C28H25F3N4O2/c1-2-35-25(33-21-14-7-4-8-15-21)22(17-32)23(18-10-5-3-6-11-18)24(27(35)37)34-26(36)19-12-9-13-20(16-19)28(29,30)31/h3-17,23-24H,2,32H2,1H3,(H,34,36)/b22-17-,33-25?. The Bertz CT molecular complexity index is 1340. The zero-order chi connectivity index (χ0) is 26.6. The summed E-state index contributed by atoms with van der Waals surface area (Å²) in [7, 11) is 0. The third-order valence-electron chi connectivity index (χ3n) is 6.10. The highest BCUT2D eigenvalue weighted by Crippen LogP contribution is 2.36. The van der Waals surface area contributed by atoms with Crippen molar-refractivity contribution in [1.82, 2.24) is 10.2 Å². The maximum Gasteiger partial charge on any atom is 0.416 e. The van der Waals surface area contributed by atoms with E-state index in [1.54, 1.807) is 43.3 Å². The van der Waals surface area contributed by atoms with Crippen molar-refractivity contribution in [1.29, 1.82) is 0 Å². The Labute approximate surface area is 212 Å². The fraction of sp³-hybridized carbons (Fsp3) is 0.179. The molecule has 3 aromatic rings. The molecule has 1 aliphatic heterocycles. The molecule has 3 aromatic carbocycles. The Balaban J connectivity index is 1.79. The second kappa shape index (κ2) is 10.7. The lowest BCUT2D eigenvalue weighted by Gasteiger charge is -2.40. The number of piperidine rings is 1. The molecule has 4 rings (SSSR count). The smallest absolute Gasteiger partial charge is 0.404 e. The molecule has 0 bridgehead atoms. The van der Waals surface area contributed by atoms with Gasteiger partial charge in [0.15, 0.2) is 0 Å². The number of amides is 2. The largest absolute Gasteiger partial charge is 0.416 e. The van der Waals surface area contributed by atoms with Crippen molar-refractivity contribution < 1.29 is 22.8 Å². The number of nitrogens with one attached hydrogen (secondary N) is 1. The van der Waals surface area contributed by atoms with E-state index in [0.717, 1.165) is 18.2 Å². The Hall–Kier alpha value is -4.40. The number of aliphatic imine (C=N–C) groups is 1. The topological polar surface area (TPSA) is 87.8 Å². The summed E-state index contributed by atoms with van der Waals surface area (Å²) in [4.78, 5) is 33.0. The van der Waals surface area contributed by atoms with Crippen LogP contribution in [-0.4, -0.2) is 35.1 Å². The van der Waals surface area contributed by atoms with Crippen molar-refractivity contribution in [2.75, 3.05) is 6.54 Å². The molecule has 2 unspecified atom stereocenters. The first-order chi connectivity index (χ1) is 17.7. The van der Waals surface area contributed by atoms with Crippen molar-refractivity contribution in [3.63, 3.8) is 0 Å². The monoisotopic (exact) mass is 506 g/mol. The van der Waals surface area contributed by atoms with Crippen molar-refractivity contribution >= 4 is 23.3 Å². The first kappa shape index (κ1) is 25.7. The number of likely N-dealkylation sites (tertiary alicyclic amines) is 1. The number of carbonyl (C=O) groups excluding carboxylic acids is 2. The first-order valence-corrected chi connectivity index (χ1v) is 11.6. The zero-order valence-corrected chi connectivity index (χ0v) is 19.9. The number of hydrogen-bond acceptors (Lipinski definition) is 4. The summed E-state index contributed by atoms with van der Waals surface area (Å²) in [5, 5.41) is 2.68. The van der Waals surface area contributed by atoms with Gasteiger partial charge in [-0.1, -0.05) is 54.6 Å². The fourth-order valence-corrected chi connectivity index (χ4v) is 4.36. The van der Waals surface area contributed by atoms with E-state index in [2.05, 4.69) is 5.32 Å². The zero-order valence-electron chi connectivity index (χ0n) is 19.9. The highest BCUT2D eigenvalue weighted by Gasteiger charge is 2.44. The van der Waals surface area contributed by atoms with E-state index in [1.165, 1.54) is 17.2 Å². The highest BCUT2D eigenvalue weighted by molar-refractivity contribution is 6.15. The Morgan fingerprint density at radius 1 is 1.03 bits per heavy atom. The number of amidine groups is 1. The van der Waals surface area contributed by atoms with Gasteiger partial charge >= 0.3 is 6.18 Å². The number of alkyl halides is 3. The highest BCUT2D eigenvalue weighted by atomic mass is 19.4. The number of benzene rings is 3. The first-order valence-electron chi connectivity index (χ1n) is 11.6. The maximum atomic E-state index is 13.8. The van der Waals surface area contributed by atoms with Gasteiger partial charge in [-0.3, -0.25) is 14.5 Å². The van der Waals surface area contributed by atoms with Crippen LogP contribution in [0.3, 0.4) is 0 Å². The van der Waals surface area contributed by atoms with Gasteiger partial charge in [0.25, 0.3) is 11.8 Å². The molecule has 2 amide bonds. The molecule has 1 heterocycles. The van der Waals surface area contributed by atoms with Crippen LogP contribution in [0.25, 0.3) is 0 Å². The molecule has 3 N–H and O–H groups in total. The quantitative estimate of drug-likeness (QED) is 0.509. The van der Waals surface area contributed by atoms with E-state index in [1.807, 2.05) is 24.3 Å². The van der Waals surface area contributed by atoms with Crippen LogP contribution in [0, 0.1) is 0 Å². The van der Waals surface area contributed by atoms with Crippen molar-refractivity contribution in [2.24, 2.45) is 10.7 Å². The normalized spacial score (nSPS) is 20.3. The molecular weight excluding hydrogens is 481 g/mol. The summed E-state index contributed by atoms with van der Waals surface area (Å²) < 4.78 is 39.7. The average molecular weight is 507 g/mol. The van der Waals surface area contributed by atoms with E-state index in [4.69, 9.17) is 10.7 Å². The number of rotatable bonds is 5. The second-order valence-electron chi connectivity index (χ2n) is 8.39. The number of nitrogens with zero attached hydrogens (tertiary/aromatic N) is 2. The lowest BCUT2D eigenvalue weighted by atomic mass is 9.80. The molecule has 0 spiro atoms. The number of para-hydroxylation sites is 1. The summed E-state index contributed by atoms with van der Waals surface area (Å²) >= 11 is 0. The summed E-state index contributed by atoms with van der Waals surface area (Å²) in [5.74, 6) is -1.63. The lowest BCUT2D eigenvalue weighted by molar-refractivity contribution is -0.137. The van der Waals surface area contributed by atoms with Gasteiger partial charge in [0, 0.05) is 29.8 Å². The number of halogens is 3. The van der Waals surface area contributed by atoms with Gasteiger partial charge in [-0.2, -0.15) is 13.2 Å². The molecule has 1 saturated heterocycles. The minimum atomic E-state index is -4.61. The minimum Gasteiger partial charge on any atom is -0.404 e. The predicted molar refractivity (Wildman–Crippen MR) is 135 cm³/mol. The summed E-state index contributed by atoms with van der Waals surface area (Å²) in [6.45, 7) is 2.00. The van der Waals surface area contributed by atoms with E-state index in [0.29, 0.717) is 22.7 Å². The minimum absolute atomic E-state index is 0.209. The van der Waals surface area contributed by atoms with Crippen LogP contribution in [0.4, 0.5) is 18.9 Å². The second-order valence-corrected chi connectivity index (χ2v) is 8.39. The van der Waals surface area contributed by atoms with Crippen LogP contribution < -0.4 is 11.1 Å². The molecule has 9 heteroatoms. The molecule has 190 valence electrons. The van der Waals surface area contributed by atoms with Gasteiger partial charge < -0.3 is 11.1 Å². The van der Waals surface area contributed by atoms with Crippen LogP contribution in [-0.2, 0) is 11.0 Å². The Morgan fingerprint density at radius 3 is 2.27 bits per heavy atom. The summed E-state index contributed by atoms with van der Waals surface area (Å²) in [5.41, 5.74) is 6.74. The molecule has 37 heavy (non-hydrogen) atoms. The van der Waals surface area contributed by atoms with Gasteiger partial charge in [-0.25, -0.2) is 4.99 Å². The lowest BCUT2D eigenvalue weighted by Crippen LogP contribution is -2.58. The van der Waals surface area contributed by atoms with Gasteiger partial charge in [-0.05, 0) is 42.8 Å². The van der Waals surface area contributed by atoms with E-state index in [-0.39, 0.29) is 12.1 Å². The van der Waals surface area contributed by atoms with Crippen molar-refractivity contribution in [3.8, 4) is 0 Å². The van der Waals surface area contributed by atoms with Crippen LogP contribution in [0.1, 0.15) is 34.3 Å². The molecule has 1 aliphatic rings. The van der Waals surface area contributed by atoms with Crippen LogP contribution in [0.2, 0.25) is 0 Å². The fourth-order valence-electron chi connectivity index (χ4n) is 4.36. The van der Waals surface area contributed by atoms with E-state index < -0.39 is 35.5 Å². The van der Waals surface area contributed by atoms with Gasteiger partial charge in [0.1, 0.15) is 11.9 Å². The Morgan fingerprint density at radius 2 is 1.68 bits per heavy atom. The molecule has 0 saturated carbocycles. The molecule has 0 aliphatic carbocycles. The van der Waals surface area contributed by atoms with Gasteiger partial charge in [0.2, 0.25) is 0 Å². The van der Waals surface area contributed by atoms with Gasteiger partial charge in [0.05, 0.1) is 11.3 Å². The van der Waals surface area contributed by atoms with Crippen LogP contribution >= 0.6 is 0 Å². The number of carbonyl (C=O) groups is 2. The SMILES string of the molecule is CCN1C(=O)C(NC(=O)c2cccc(C(F)(F)F)c2)C(c2ccccc2)/C(=C/N)C1=Nc1ccccc1. The third kappa shape index (κ3) is 5.40. The molecule has 1 fully saturated rings. The molecule has 0 aromatic heterocycles. The molecule has 6 nitrogen and oxygen atoms in total. The van der Waals surface area contributed by atoms with Gasteiger partial charge in [-0.15, -0.1) is 0 Å². The number of likely N-dealkylation sites (N-methyl/N-ethyl adjacent to an activating group) is 1. The Kier molecular flexibility index (Phi) is 7.42. The van der Waals surface area contributed by atoms with Crippen LogP contribution in [0.15, 0.2) is 102 Å². The predicted octanol–water partition coefficient (Wildman–Crippen LogP) is 5.02. The third-order valence-corrected chi connectivity index (χ3v) is 6.10. The molecule has 2 atom stereocenters. The molecule has 0 radical (unpaired) electrons. The maximum absolute atomic E-state index is 13.8. The van der Waals surface area contributed by atoms with Crippen molar-refractivity contribution in [2.45, 2.75) is 25.1 Å². The van der Waals surface area contributed by atoms with E-state index >= 15 is 0 Å². The average Bonchev–Trinajstić information content (AvgIpc) is 2.90. The number of hydrogen-bond donors (Lipinski definition) is 2. The summed E-state index contributed by atoms with van der Waals surface area (Å²) in [6.07, 6.45) is -3.25.